The van der Waals surface area contributed by atoms with E-state index in [2.05, 4.69) is 31.0 Å². The molecule has 1 saturated heterocycles. The molecule has 1 saturated carbocycles. The molecule has 1 aliphatic heterocycles. The molecule has 0 radical (unpaired) electrons. The van der Waals surface area contributed by atoms with Crippen molar-refractivity contribution in [3.05, 3.63) is 0 Å². The van der Waals surface area contributed by atoms with Crippen LogP contribution in [0.1, 0.15) is 46.5 Å². The van der Waals surface area contributed by atoms with Gasteiger partial charge in [0.05, 0.1) is 6.61 Å². The first-order valence-electron chi connectivity index (χ1n) is 7.74. The van der Waals surface area contributed by atoms with Gasteiger partial charge in [-0.3, -0.25) is 4.90 Å². The van der Waals surface area contributed by atoms with Gasteiger partial charge in [0.2, 0.25) is 0 Å². The smallest absolute Gasteiger partial charge is 0.0593 e. The van der Waals surface area contributed by atoms with Crippen molar-refractivity contribution in [2.45, 2.75) is 58.0 Å². The molecule has 106 valence electrons. The van der Waals surface area contributed by atoms with Gasteiger partial charge >= 0.3 is 0 Å². The fourth-order valence-corrected chi connectivity index (χ4v) is 3.63. The lowest BCUT2D eigenvalue weighted by atomic mass is 9.89. The van der Waals surface area contributed by atoms with E-state index in [1.165, 1.54) is 32.2 Å². The standard InChI is InChI=1S/C15H30N2O/c1-4-18-10-9-17-12-15(7-5-6-8-15)16-11-14(17)13(2)3/h13-14,16H,4-12H2,1-3H3. The Balaban J connectivity index is 1.94. The highest BCUT2D eigenvalue weighted by molar-refractivity contribution is 5.01. The number of piperazine rings is 1. The van der Waals surface area contributed by atoms with E-state index in [1.807, 2.05) is 0 Å². The summed E-state index contributed by atoms with van der Waals surface area (Å²) < 4.78 is 5.55. The van der Waals surface area contributed by atoms with Gasteiger partial charge < -0.3 is 10.1 Å². The first kappa shape index (κ1) is 14.3. The van der Waals surface area contributed by atoms with Crippen molar-refractivity contribution in [2.24, 2.45) is 5.92 Å². The molecule has 0 bridgehead atoms. The lowest BCUT2D eigenvalue weighted by molar-refractivity contribution is 0.0284. The van der Waals surface area contributed by atoms with E-state index in [0.717, 1.165) is 32.2 Å². The molecule has 1 heterocycles. The first-order chi connectivity index (χ1) is 8.67. The normalized spacial score (nSPS) is 28.3. The van der Waals surface area contributed by atoms with Gasteiger partial charge in [0.1, 0.15) is 0 Å². The van der Waals surface area contributed by atoms with Crippen LogP contribution in [0.25, 0.3) is 0 Å². The van der Waals surface area contributed by atoms with Crippen LogP contribution in [0.15, 0.2) is 0 Å². The molecule has 2 aliphatic rings. The summed E-state index contributed by atoms with van der Waals surface area (Å²) in [6.45, 7) is 12.0. The molecule has 0 aromatic carbocycles. The minimum atomic E-state index is 0.428. The van der Waals surface area contributed by atoms with Gasteiger partial charge in [0.15, 0.2) is 0 Å². The summed E-state index contributed by atoms with van der Waals surface area (Å²) in [4.78, 5) is 2.68. The summed E-state index contributed by atoms with van der Waals surface area (Å²) in [6.07, 6.45) is 5.53. The molecule has 2 fully saturated rings. The van der Waals surface area contributed by atoms with Crippen LogP contribution in [0.5, 0.6) is 0 Å². The Labute approximate surface area is 112 Å². The second-order valence-corrected chi connectivity index (χ2v) is 6.35. The van der Waals surface area contributed by atoms with Crippen LogP contribution in [-0.2, 0) is 4.74 Å². The van der Waals surface area contributed by atoms with E-state index in [4.69, 9.17) is 4.74 Å². The lowest BCUT2D eigenvalue weighted by Crippen LogP contribution is -2.64. The van der Waals surface area contributed by atoms with Crippen LogP contribution in [0.4, 0.5) is 0 Å². The molecule has 3 heteroatoms. The van der Waals surface area contributed by atoms with Crippen molar-refractivity contribution in [3.63, 3.8) is 0 Å². The summed E-state index contributed by atoms with van der Waals surface area (Å²) in [5, 5.41) is 3.86. The van der Waals surface area contributed by atoms with E-state index in [1.54, 1.807) is 0 Å². The van der Waals surface area contributed by atoms with Crippen LogP contribution < -0.4 is 5.32 Å². The molecule has 1 unspecified atom stereocenters. The maximum absolute atomic E-state index is 5.55. The van der Waals surface area contributed by atoms with Crippen molar-refractivity contribution in [1.82, 2.24) is 10.2 Å². The quantitative estimate of drug-likeness (QED) is 0.762. The lowest BCUT2D eigenvalue weighted by Gasteiger charge is -2.48. The van der Waals surface area contributed by atoms with Crippen LogP contribution in [0.3, 0.4) is 0 Å². The van der Waals surface area contributed by atoms with E-state index < -0.39 is 0 Å². The Bertz CT molecular complexity index is 249. The zero-order valence-electron chi connectivity index (χ0n) is 12.4. The fourth-order valence-electron chi connectivity index (χ4n) is 3.63. The van der Waals surface area contributed by atoms with Gasteiger partial charge in [-0.25, -0.2) is 0 Å². The molecular formula is C15H30N2O. The minimum Gasteiger partial charge on any atom is -0.380 e. The van der Waals surface area contributed by atoms with Gasteiger partial charge in [-0.1, -0.05) is 26.7 Å². The largest absolute Gasteiger partial charge is 0.380 e. The van der Waals surface area contributed by atoms with Crippen LogP contribution >= 0.6 is 0 Å². The number of hydrogen-bond donors (Lipinski definition) is 1. The molecular weight excluding hydrogens is 224 g/mol. The average Bonchev–Trinajstić information content (AvgIpc) is 2.77. The highest BCUT2D eigenvalue weighted by Gasteiger charge is 2.41. The molecule has 1 N–H and O–H groups in total. The number of rotatable bonds is 5. The Hall–Kier alpha value is -0.120. The van der Waals surface area contributed by atoms with Gasteiger partial charge in [-0.2, -0.15) is 0 Å². The number of nitrogens with zero attached hydrogens (tertiary/aromatic N) is 1. The Morgan fingerprint density at radius 1 is 1.33 bits per heavy atom. The van der Waals surface area contributed by atoms with E-state index >= 15 is 0 Å². The van der Waals surface area contributed by atoms with Gasteiger partial charge in [0, 0.05) is 37.8 Å². The van der Waals surface area contributed by atoms with Crippen LogP contribution in [0.2, 0.25) is 0 Å². The third-order valence-corrected chi connectivity index (χ3v) is 4.72. The number of ether oxygens (including phenoxy) is 1. The molecule has 1 spiro atoms. The monoisotopic (exact) mass is 254 g/mol. The van der Waals surface area contributed by atoms with Gasteiger partial charge in [0.25, 0.3) is 0 Å². The summed E-state index contributed by atoms with van der Waals surface area (Å²) in [5.41, 5.74) is 0.428. The van der Waals surface area contributed by atoms with E-state index in [9.17, 15) is 0 Å². The second kappa shape index (κ2) is 6.36. The summed E-state index contributed by atoms with van der Waals surface area (Å²) in [7, 11) is 0. The summed E-state index contributed by atoms with van der Waals surface area (Å²) >= 11 is 0. The second-order valence-electron chi connectivity index (χ2n) is 6.35. The molecule has 18 heavy (non-hydrogen) atoms. The van der Waals surface area contributed by atoms with Crippen molar-refractivity contribution in [3.8, 4) is 0 Å². The third-order valence-electron chi connectivity index (χ3n) is 4.72. The number of hydrogen-bond acceptors (Lipinski definition) is 3. The van der Waals surface area contributed by atoms with Gasteiger partial charge in [-0.15, -0.1) is 0 Å². The van der Waals surface area contributed by atoms with Crippen molar-refractivity contribution < 1.29 is 4.74 Å². The predicted molar refractivity (Wildman–Crippen MR) is 75.9 cm³/mol. The van der Waals surface area contributed by atoms with Crippen LogP contribution in [-0.4, -0.2) is 49.3 Å². The van der Waals surface area contributed by atoms with Crippen molar-refractivity contribution in [2.75, 3.05) is 32.8 Å². The Morgan fingerprint density at radius 2 is 2.06 bits per heavy atom. The molecule has 1 atom stereocenters. The fraction of sp³-hybridized carbons (Fsp3) is 1.00. The maximum Gasteiger partial charge on any atom is 0.0593 e. The third kappa shape index (κ3) is 3.25. The molecule has 0 aromatic heterocycles. The average molecular weight is 254 g/mol. The zero-order chi connectivity index (χ0) is 13.0. The maximum atomic E-state index is 5.55. The highest BCUT2D eigenvalue weighted by atomic mass is 16.5. The Kier molecular flexibility index (Phi) is 5.05. The topological polar surface area (TPSA) is 24.5 Å². The predicted octanol–water partition coefficient (Wildman–Crippen LogP) is 2.27. The van der Waals surface area contributed by atoms with Gasteiger partial charge in [-0.05, 0) is 25.7 Å². The summed E-state index contributed by atoms with van der Waals surface area (Å²) in [6, 6.07) is 0.677. The summed E-state index contributed by atoms with van der Waals surface area (Å²) in [5.74, 6) is 0.720. The van der Waals surface area contributed by atoms with E-state index in [-0.39, 0.29) is 0 Å². The van der Waals surface area contributed by atoms with Crippen LogP contribution in [0, 0.1) is 5.92 Å². The molecule has 0 aromatic rings. The first-order valence-corrected chi connectivity index (χ1v) is 7.74. The SMILES string of the molecule is CCOCCN1CC2(CCCC2)NCC1C(C)C. The zero-order valence-corrected chi connectivity index (χ0v) is 12.4. The molecule has 2 rings (SSSR count). The highest BCUT2D eigenvalue weighted by Crippen LogP contribution is 2.34. The molecule has 0 amide bonds. The molecule has 1 aliphatic carbocycles. The minimum absolute atomic E-state index is 0.428. The van der Waals surface area contributed by atoms with E-state index in [0.29, 0.717) is 11.6 Å². The molecule has 3 nitrogen and oxygen atoms in total. The van der Waals surface area contributed by atoms with Crippen molar-refractivity contribution in [1.29, 1.82) is 0 Å². The van der Waals surface area contributed by atoms with Crippen molar-refractivity contribution >= 4 is 0 Å². The number of nitrogens with one attached hydrogen (secondary N) is 1. The Morgan fingerprint density at radius 3 is 2.67 bits per heavy atom.